The molecule has 192 valence electrons. The number of methoxy groups -OCH3 is 1. The summed E-state index contributed by atoms with van der Waals surface area (Å²) >= 11 is 0. The minimum absolute atomic E-state index is 0.219. The molecule has 12 nitrogen and oxygen atoms in total. The molecule has 0 unspecified atom stereocenters. The first-order valence-electron chi connectivity index (χ1n) is 10.8. The Morgan fingerprint density at radius 1 is 0.824 bits per heavy atom. The van der Waals surface area contributed by atoms with E-state index in [1.807, 2.05) is 19.1 Å². The molecule has 34 heavy (non-hydrogen) atoms. The fourth-order valence-corrected chi connectivity index (χ4v) is 3.75. The van der Waals surface area contributed by atoms with Gasteiger partial charge in [-0.1, -0.05) is 18.2 Å². The van der Waals surface area contributed by atoms with E-state index in [-0.39, 0.29) is 5.75 Å². The highest BCUT2D eigenvalue weighted by Crippen LogP contribution is 2.33. The van der Waals surface area contributed by atoms with Crippen molar-refractivity contribution in [3.8, 4) is 11.5 Å². The lowest BCUT2D eigenvalue weighted by molar-refractivity contribution is -0.323. The number of allylic oxidation sites excluding steroid dienone is 1. The Balaban J connectivity index is 1.69. The molecule has 0 saturated carbocycles. The number of aliphatic hydroxyl groups excluding tert-OH is 7. The van der Waals surface area contributed by atoms with Crippen LogP contribution in [0.4, 0.5) is 0 Å². The van der Waals surface area contributed by atoms with Gasteiger partial charge < -0.3 is 59.4 Å². The SMILES string of the molecule is C/C=C/c1ccc(O[C@@H]2O[C@H](CO[C@@H]3O[C@H](CO)[C@@H](O)[C@H](O)[C@H]3O)[C@@H](O)[C@H](O)[C@H]2O)c(OC)c1. The monoisotopic (exact) mass is 488 g/mol. The van der Waals surface area contributed by atoms with E-state index in [4.69, 9.17) is 23.7 Å². The second kappa shape index (κ2) is 11.7. The molecule has 0 bridgehead atoms. The molecule has 7 N–H and O–H groups in total. The van der Waals surface area contributed by atoms with Crippen LogP contribution >= 0.6 is 0 Å². The standard InChI is InChI=1S/C22H32O12/c1-3-4-10-5-6-11(12(7-10)30-2)32-22-20(29)18(27)16(25)14(34-22)9-31-21-19(28)17(26)15(24)13(8-23)33-21/h3-7,13-29H,8-9H2,1-2H3/b4-3+/t13-,14-,15-,16-,17+,18+,19-,20-,21-,22-/m1/s1. The molecule has 1 aromatic carbocycles. The number of ether oxygens (including phenoxy) is 5. The highest BCUT2D eigenvalue weighted by molar-refractivity contribution is 5.55. The molecule has 2 aliphatic rings. The van der Waals surface area contributed by atoms with Crippen LogP contribution < -0.4 is 9.47 Å². The van der Waals surface area contributed by atoms with Crippen LogP contribution in [0.25, 0.3) is 6.08 Å². The maximum absolute atomic E-state index is 10.4. The molecule has 2 fully saturated rings. The highest BCUT2D eigenvalue weighted by Gasteiger charge is 2.48. The summed E-state index contributed by atoms with van der Waals surface area (Å²) in [6, 6.07) is 5.05. The van der Waals surface area contributed by atoms with E-state index in [1.54, 1.807) is 18.2 Å². The lowest BCUT2D eigenvalue weighted by atomic mass is 9.98. The highest BCUT2D eigenvalue weighted by atomic mass is 16.7. The van der Waals surface area contributed by atoms with Crippen molar-refractivity contribution in [1.82, 2.24) is 0 Å². The average molecular weight is 488 g/mol. The van der Waals surface area contributed by atoms with Gasteiger partial charge >= 0.3 is 0 Å². The number of hydrogen-bond acceptors (Lipinski definition) is 12. The molecule has 0 spiro atoms. The van der Waals surface area contributed by atoms with Crippen LogP contribution in [0.3, 0.4) is 0 Å². The van der Waals surface area contributed by atoms with E-state index in [0.29, 0.717) is 5.75 Å². The largest absolute Gasteiger partial charge is 0.493 e. The molecule has 0 aromatic heterocycles. The Morgan fingerprint density at radius 3 is 2.06 bits per heavy atom. The van der Waals surface area contributed by atoms with Gasteiger partial charge in [0.25, 0.3) is 0 Å². The molecule has 1 aromatic rings. The van der Waals surface area contributed by atoms with E-state index in [2.05, 4.69) is 0 Å². The van der Waals surface area contributed by atoms with Crippen LogP contribution in [0, 0.1) is 0 Å². The third kappa shape index (κ3) is 5.69. The van der Waals surface area contributed by atoms with Gasteiger partial charge in [0.15, 0.2) is 17.8 Å². The molecule has 2 heterocycles. The van der Waals surface area contributed by atoms with Crippen LogP contribution in [0.1, 0.15) is 12.5 Å². The van der Waals surface area contributed by atoms with Crippen molar-refractivity contribution in [2.24, 2.45) is 0 Å². The Bertz CT molecular complexity index is 817. The molecule has 2 saturated heterocycles. The molecule has 0 amide bonds. The number of rotatable bonds is 8. The predicted octanol–water partition coefficient (Wildman–Crippen LogP) is -2.27. The Kier molecular flexibility index (Phi) is 9.23. The fraction of sp³-hybridized carbons (Fsp3) is 0.636. The summed E-state index contributed by atoms with van der Waals surface area (Å²) in [6.45, 7) is 0.774. The van der Waals surface area contributed by atoms with Crippen molar-refractivity contribution in [3.63, 3.8) is 0 Å². The normalized spacial score (nSPS) is 38.7. The Hall–Kier alpha value is -1.84. The zero-order valence-electron chi connectivity index (χ0n) is 18.7. The van der Waals surface area contributed by atoms with Crippen molar-refractivity contribution in [3.05, 3.63) is 29.8 Å². The van der Waals surface area contributed by atoms with Gasteiger partial charge in [0.2, 0.25) is 6.29 Å². The minimum atomic E-state index is -1.66. The van der Waals surface area contributed by atoms with Crippen LogP contribution in [0.2, 0.25) is 0 Å². The first kappa shape index (κ1) is 26.8. The second-order valence-corrected chi connectivity index (χ2v) is 8.07. The van der Waals surface area contributed by atoms with Gasteiger partial charge in [-0.3, -0.25) is 0 Å². The molecule has 10 atom stereocenters. The van der Waals surface area contributed by atoms with Crippen molar-refractivity contribution < 1.29 is 59.4 Å². The first-order chi connectivity index (χ1) is 16.2. The van der Waals surface area contributed by atoms with Gasteiger partial charge in [-0.05, 0) is 24.6 Å². The molecular formula is C22H32O12. The fourth-order valence-electron chi connectivity index (χ4n) is 3.75. The van der Waals surface area contributed by atoms with Gasteiger partial charge in [0.1, 0.15) is 48.8 Å². The Labute approximate surface area is 196 Å². The average Bonchev–Trinajstić information content (AvgIpc) is 2.84. The van der Waals surface area contributed by atoms with Crippen LogP contribution in [-0.2, 0) is 14.2 Å². The van der Waals surface area contributed by atoms with Crippen molar-refractivity contribution in [2.75, 3.05) is 20.3 Å². The van der Waals surface area contributed by atoms with Crippen LogP contribution in [0.15, 0.2) is 24.3 Å². The summed E-state index contributed by atoms with van der Waals surface area (Å²) in [6.07, 6.45) is -11.3. The molecule has 0 radical (unpaired) electrons. The first-order valence-corrected chi connectivity index (χ1v) is 10.8. The zero-order valence-corrected chi connectivity index (χ0v) is 18.7. The minimum Gasteiger partial charge on any atom is -0.493 e. The zero-order chi connectivity index (χ0) is 25.0. The molecule has 3 rings (SSSR count). The van der Waals surface area contributed by atoms with E-state index >= 15 is 0 Å². The number of aliphatic hydroxyl groups is 7. The summed E-state index contributed by atoms with van der Waals surface area (Å²) in [5.74, 6) is 0.568. The molecule has 12 heteroatoms. The Morgan fingerprint density at radius 2 is 1.44 bits per heavy atom. The molecule has 0 aliphatic carbocycles. The number of benzene rings is 1. The quantitative estimate of drug-likeness (QED) is 0.208. The van der Waals surface area contributed by atoms with E-state index in [1.165, 1.54) is 7.11 Å². The van der Waals surface area contributed by atoms with Crippen molar-refractivity contribution in [2.45, 2.75) is 68.3 Å². The van der Waals surface area contributed by atoms with Gasteiger partial charge in [-0.15, -0.1) is 0 Å². The van der Waals surface area contributed by atoms with Gasteiger partial charge in [-0.2, -0.15) is 0 Å². The van der Waals surface area contributed by atoms with Gasteiger partial charge in [-0.25, -0.2) is 0 Å². The molecular weight excluding hydrogens is 456 g/mol. The third-order valence-corrected chi connectivity index (χ3v) is 5.73. The summed E-state index contributed by atoms with van der Waals surface area (Å²) in [7, 11) is 1.44. The third-order valence-electron chi connectivity index (χ3n) is 5.73. The van der Waals surface area contributed by atoms with Crippen molar-refractivity contribution in [1.29, 1.82) is 0 Å². The second-order valence-electron chi connectivity index (χ2n) is 8.07. The van der Waals surface area contributed by atoms with Gasteiger partial charge in [0, 0.05) is 0 Å². The lowest BCUT2D eigenvalue weighted by Crippen LogP contribution is -2.62. The van der Waals surface area contributed by atoms with E-state index in [9.17, 15) is 35.7 Å². The van der Waals surface area contributed by atoms with Gasteiger partial charge in [0.05, 0.1) is 20.3 Å². The van der Waals surface area contributed by atoms with E-state index < -0.39 is 74.6 Å². The summed E-state index contributed by atoms with van der Waals surface area (Å²) in [5.41, 5.74) is 0.845. The lowest BCUT2D eigenvalue weighted by Gasteiger charge is -2.42. The van der Waals surface area contributed by atoms with Crippen molar-refractivity contribution >= 4 is 6.08 Å². The van der Waals surface area contributed by atoms with Crippen LogP contribution in [0.5, 0.6) is 11.5 Å². The summed E-state index contributed by atoms with van der Waals surface area (Å²) in [4.78, 5) is 0. The van der Waals surface area contributed by atoms with E-state index in [0.717, 1.165) is 5.56 Å². The number of hydrogen-bond donors (Lipinski definition) is 7. The topological polar surface area (TPSA) is 188 Å². The maximum atomic E-state index is 10.4. The summed E-state index contributed by atoms with van der Waals surface area (Å²) < 4.78 is 27.3. The maximum Gasteiger partial charge on any atom is 0.229 e. The van der Waals surface area contributed by atoms with Crippen LogP contribution in [-0.4, -0.2) is 117 Å². The predicted molar refractivity (Wildman–Crippen MR) is 115 cm³/mol. The smallest absolute Gasteiger partial charge is 0.229 e. The molecule has 2 aliphatic heterocycles. The summed E-state index contributed by atoms with van der Waals surface area (Å²) in [5, 5.41) is 70.1.